The highest BCUT2D eigenvalue weighted by Gasteiger charge is 2.38. The van der Waals surface area contributed by atoms with Gasteiger partial charge in [0, 0.05) is 18.2 Å². The minimum absolute atomic E-state index is 0.0816. The van der Waals surface area contributed by atoms with E-state index in [1.165, 1.54) is 4.90 Å². The molecular weight excluding hydrogens is 264 g/mol. The monoisotopic (exact) mass is 286 g/mol. The largest absolute Gasteiger partial charge is 0.312 e. The Labute approximate surface area is 125 Å². The average molecular weight is 286 g/mol. The van der Waals surface area contributed by atoms with Crippen LogP contribution in [-0.4, -0.2) is 35.8 Å². The molecule has 0 saturated carbocycles. The van der Waals surface area contributed by atoms with Gasteiger partial charge in [-0.1, -0.05) is 32.0 Å². The molecule has 1 unspecified atom stereocenters. The van der Waals surface area contributed by atoms with Crippen LogP contribution in [0.15, 0.2) is 24.3 Å². The van der Waals surface area contributed by atoms with Crippen LogP contribution in [0.3, 0.4) is 0 Å². The third-order valence-electron chi connectivity index (χ3n) is 4.83. The molecule has 0 aromatic heterocycles. The number of rotatable bonds is 2. The second-order valence-electron chi connectivity index (χ2n) is 6.74. The van der Waals surface area contributed by atoms with Gasteiger partial charge in [-0.3, -0.25) is 14.5 Å². The first kappa shape index (κ1) is 14.3. The van der Waals surface area contributed by atoms with Gasteiger partial charge in [-0.15, -0.1) is 0 Å². The van der Waals surface area contributed by atoms with E-state index in [9.17, 15) is 9.59 Å². The maximum atomic E-state index is 12.6. The van der Waals surface area contributed by atoms with Crippen LogP contribution in [0.4, 0.5) is 0 Å². The zero-order valence-corrected chi connectivity index (χ0v) is 12.7. The van der Waals surface area contributed by atoms with Gasteiger partial charge < -0.3 is 5.32 Å². The van der Waals surface area contributed by atoms with Crippen molar-refractivity contribution >= 4 is 11.8 Å². The lowest BCUT2D eigenvalue weighted by Gasteiger charge is -2.42. The number of benzene rings is 1. The van der Waals surface area contributed by atoms with Crippen LogP contribution in [0, 0.1) is 5.41 Å². The summed E-state index contributed by atoms with van der Waals surface area (Å²) in [6.07, 6.45) is 2.60. The molecule has 2 heterocycles. The molecule has 1 atom stereocenters. The molecule has 0 radical (unpaired) electrons. The van der Waals surface area contributed by atoms with Gasteiger partial charge >= 0.3 is 0 Å². The van der Waals surface area contributed by atoms with E-state index in [2.05, 4.69) is 19.2 Å². The normalized spacial score (nSPS) is 24.9. The van der Waals surface area contributed by atoms with Gasteiger partial charge in [0.15, 0.2) is 0 Å². The number of carbonyl (C=O) groups is 2. The molecule has 4 nitrogen and oxygen atoms in total. The minimum Gasteiger partial charge on any atom is -0.312 e. The van der Waals surface area contributed by atoms with Crippen molar-refractivity contribution in [2.24, 2.45) is 5.41 Å². The number of fused-ring (bicyclic) bond motifs is 1. The van der Waals surface area contributed by atoms with E-state index < -0.39 is 0 Å². The molecule has 2 aliphatic rings. The number of hydrogen-bond donors (Lipinski definition) is 1. The molecule has 2 aliphatic heterocycles. The van der Waals surface area contributed by atoms with Crippen LogP contribution < -0.4 is 5.32 Å². The summed E-state index contributed by atoms with van der Waals surface area (Å²) in [7, 11) is 0. The number of carbonyl (C=O) groups excluding carboxylic acids is 2. The van der Waals surface area contributed by atoms with Crippen LogP contribution in [0.5, 0.6) is 0 Å². The summed E-state index contributed by atoms with van der Waals surface area (Å²) in [6, 6.07) is 7.58. The van der Waals surface area contributed by atoms with Crippen molar-refractivity contribution in [1.29, 1.82) is 0 Å². The highest BCUT2D eigenvalue weighted by Crippen LogP contribution is 2.31. The van der Waals surface area contributed by atoms with E-state index in [-0.39, 0.29) is 23.3 Å². The van der Waals surface area contributed by atoms with E-state index in [1.807, 2.05) is 24.3 Å². The fourth-order valence-electron chi connectivity index (χ4n) is 3.35. The first-order chi connectivity index (χ1) is 9.99. The van der Waals surface area contributed by atoms with Crippen LogP contribution in [0.2, 0.25) is 0 Å². The lowest BCUT2D eigenvalue weighted by Crippen LogP contribution is -2.56. The Morgan fingerprint density at radius 2 is 2.05 bits per heavy atom. The number of amides is 2. The van der Waals surface area contributed by atoms with Crippen molar-refractivity contribution in [3.63, 3.8) is 0 Å². The summed E-state index contributed by atoms with van der Waals surface area (Å²) in [5.41, 5.74) is 1.63. The standard InChI is InChI=1S/C17H22N2O2/c1-17(2)8-5-9-18-14(17)11-19-15(20)10-12-6-3-4-7-13(12)16(19)21/h3-4,6-7,14,18H,5,8-11H2,1-2H3. The van der Waals surface area contributed by atoms with Crippen LogP contribution >= 0.6 is 0 Å². The summed E-state index contributed by atoms with van der Waals surface area (Å²) in [6.45, 7) is 5.84. The Morgan fingerprint density at radius 1 is 1.29 bits per heavy atom. The van der Waals surface area contributed by atoms with Crippen LogP contribution in [0.25, 0.3) is 0 Å². The summed E-state index contributed by atoms with van der Waals surface area (Å²) in [5.74, 6) is -0.230. The molecule has 0 aliphatic carbocycles. The van der Waals surface area contributed by atoms with Gasteiger partial charge in [-0.05, 0) is 36.4 Å². The predicted molar refractivity (Wildman–Crippen MR) is 81.0 cm³/mol. The van der Waals surface area contributed by atoms with Crippen molar-refractivity contribution in [3.8, 4) is 0 Å². The molecule has 1 N–H and O–H groups in total. The van der Waals surface area contributed by atoms with Crippen molar-refractivity contribution in [3.05, 3.63) is 35.4 Å². The number of hydrogen-bond acceptors (Lipinski definition) is 3. The molecule has 4 heteroatoms. The Bertz CT molecular complexity index is 580. The molecule has 2 amide bonds. The number of piperidine rings is 1. The Hall–Kier alpha value is -1.68. The fourth-order valence-corrected chi connectivity index (χ4v) is 3.35. The Morgan fingerprint density at radius 3 is 2.81 bits per heavy atom. The van der Waals surface area contributed by atoms with Crippen LogP contribution in [-0.2, 0) is 11.2 Å². The second-order valence-corrected chi connectivity index (χ2v) is 6.74. The van der Waals surface area contributed by atoms with Crippen molar-refractivity contribution in [2.75, 3.05) is 13.1 Å². The van der Waals surface area contributed by atoms with E-state index in [0.29, 0.717) is 18.5 Å². The van der Waals surface area contributed by atoms with Gasteiger partial charge in [-0.2, -0.15) is 0 Å². The van der Waals surface area contributed by atoms with E-state index in [0.717, 1.165) is 24.9 Å². The van der Waals surface area contributed by atoms with Gasteiger partial charge in [0.05, 0.1) is 6.42 Å². The predicted octanol–water partition coefficient (Wildman–Crippen LogP) is 1.99. The van der Waals surface area contributed by atoms with E-state index in [4.69, 9.17) is 0 Å². The quantitative estimate of drug-likeness (QED) is 0.846. The lowest BCUT2D eigenvalue weighted by atomic mass is 9.77. The highest BCUT2D eigenvalue weighted by atomic mass is 16.2. The summed E-state index contributed by atoms with van der Waals surface area (Å²) < 4.78 is 0. The summed E-state index contributed by atoms with van der Waals surface area (Å²) in [5, 5.41) is 3.48. The van der Waals surface area contributed by atoms with Crippen LogP contribution in [0.1, 0.15) is 42.6 Å². The molecule has 3 rings (SSSR count). The number of imide groups is 1. The maximum absolute atomic E-state index is 12.6. The average Bonchev–Trinajstić information content (AvgIpc) is 2.44. The molecule has 112 valence electrons. The molecular formula is C17H22N2O2. The second kappa shape index (κ2) is 5.26. The Kier molecular flexibility index (Phi) is 3.57. The topological polar surface area (TPSA) is 49.4 Å². The van der Waals surface area contributed by atoms with Gasteiger partial charge in [0.2, 0.25) is 5.91 Å². The Balaban J connectivity index is 1.83. The summed E-state index contributed by atoms with van der Waals surface area (Å²) in [4.78, 5) is 26.4. The molecule has 0 bridgehead atoms. The lowest BCUT2D eigenvalue weighted by molar-refractivity contribution is -0.129. The molecule has 21 heavy (non-hydrogen) atoms. The van der Waals surface area contributed by atoms with E-state index >= 15 is 0 Å². The van der Waals surface area contributed by atoms with E-state index in [1.54, 1.807) is 0 Å². The zero-order chi connectivity index (χ0) is 15.0. The fraction of sp³-hybridized carbons (Fsp3) is 0.529. The van der Waals surface area contributed by atoms with Crippen molar-refractivity contribution < 1.29 is 9.59 Å². The third-order valence-corrected chi connectivity index (χ3v) is 4.83. The molecule has 1 aromatic carbocycles. The molecule has 0 spiro atoms. The third kappa shape index (κ3) is 2.60. The smallest absolute Gasteiger partial charge is 0.260 e. The van der Waals surface area contributed by atoms with Gasteiger partial charge in [0.25, 0.3) is 5.91 Å². The first-order valence-electron chi connectivity index (χ1n) is 7.65. The van der Waals surface area contributed by atoms with Crippen molar-refractivity contribution in [1.82, 2.24) is 10.2 Å². The van der Waals surface area contributed by atoms with Gasteiger partial charge in [0.1, 0.15) is 0 Å². The van der Waals surface area contributed by atoms with Gasteiger partial charge in [-0.25, -0.2) is 0 Å². The minimum atomic E-state index is -0.148. The molecule has 1 fully saturated rings. The summed E-state index contributed by atoms with van der Waals surface area (Å²) >= 11 is 0. The maximum Gasteiger partial charge on any atom is 0.260 e. The number of nitrogens with one attached hydrogen (secondary N) is 1. The SMILES string of the molecule is CC1(C)CCCNC1CN1C(=O)Cc2ccccc2C1=O. The molecule has 1 aromatic rings. The number of nitrogens with zero attached hydrogens (tertiary/aromatic N) is 1. The van der Waals surface area contributed by atoms with Crippen molar-refractivity contribution in [2.45, 2.75) is 39.2 Å². The molecule has 1 saturated heterocycles. The highest BCUT2D eigenvalue weighted by molar-refractivity contribution is 6.09. The first-order valence-corrected chi connectivity index (χ1v) is 7.65. The zero-order valence-electron chi connectivity index (χ0n) is 12.7.